The average Bonchev–Trinajstić information content (AvgIpc) is 2.24. The summed E-state index contributed by atoms with van der Waals surface area (Å²) in [7, 11) is 0.0677. The lowest BCUT2D eigenvalue weighted by Gasteiger charge is -2.21. The number of methoxy groups -OCH3 is 1. The van der Waals surface area contributed by atoms with Crippen LogP contribution in [0, 0.1) is 0 Å². The topological polar surface area (TPSA) is 58.9 Å². The first-order valence-electron chi connectivity index (χ1n) is 5.50. The summed E-state index contributed by atoms with van der Waals surface area (Å²) >= 11 is 0. The van der Waals surface area contributed by atoms with Crippen LogP contribution in [0.5, 0.6) is 5.75 Å². The molecule has 0 bridgehead atoms. The maximum absolute atomic E-state index is 9.26. The molecule has 0 aliphatic carbocycles. The minimum absolute atomic E-state index is 0.277. The molecule has 0 aromatic heterocycles. The van der Waals surface area contributed by atoms with Crippen molar-refractivity contribution in [2.75, 3.05) is 7.11 Å². The van der Waals surface area contributed by atoms with Crippen LogP contribution in [0.4, 0.5) is 0 Å². The number of hydrogen-bond donors (Lipinski definition) is 2. The normalized spacial score (nSPS) is 11.4. The van der Waals surface area contributed by atoms with E-state index in [0.29, 0.717) is 23.4 Å². The Morgan fingerprint density at radius 3 is 2.35 bits per heavy atom. The second kappa shape index (κ2) is 5.53. The Hall–Kier alpha value is -1.04. The van der Waals surface area contributed by atoms with Gasteiger partial charge in [0.1, 0.15) is 5.75 Å². The van der Waals surface area contributed by atoms with E-state index >= 15 is 0 Å². The summed E-state index contributed by atoms with van der Waals surface area (Å²) in [6, 6.07) is 5.07. The molecule has 94 valence electrons. The lowest BCUT2D eigenvalue weighted by molar-refractivity contribution is -0.0147. The lowest BCUT2D eigenvalue weighted by atomic mass is 9.77. The van der Waals surface area contributed by atoms with Gasteiger partial charge in [-0.25, -0.2) is 0 Å². The Morgan fingerprint density at radius 2 is 1.88 bits per heavy atom. The van der Waals surface area contributed by atoms with Crippen LogP contribution in [-0.4, -0.2) is 29.9 Å². The monoisotopic (exact) mass is 238 g/mol. The van der Waals surface area contributed by atoms with Gasteiger partial charge >= 0.3 is 7.12 Å². The smallest absolute Gasteiger partial charge is 0.488 e. The highest BCUT2D eigenvalue weighted by Gasteiger charge is 2.18. The van der Waals surface area contributed by atoms with Crippen molar-refractivity contribution < 1.29 is 19.5 Å². The van der Waals surface area contributed by atoms with E-state index in [1.165, 1.54) is 0 Å². The Balaban J connectivity index is 2.93. The van der Waals surface area contributed by atoms with Crippen molar-refractivity contribution in [3.8, 4) is 5.75 Å². The van der Waals surface area contributed by atoms with Crippen LogP contribution >= 0.6 is 0 Å². The van der Waals surface area contributed by atoms with Gasteiger partial charge in [0.15, 0.2) is 0 Å². The van der Waals surface area contributed by atoms with Crippen LogP contribution in [0.2, 0.25) is 0 Å². The quantitative estimate of drug-likeness (QED) is 0.757. The molecule has 0 aliphatic heterocycles. The first-order valence-corrected chi connectivity index (χ1v) is 5.50. The third-order valence-electron chi connectivity index (χ3n) is 2.29. The largest absolute Gasteiger partial charge is 0.497 e. The highest BCUT2D eigenvalue weighted by Crippen LogP contribution is 2.15. The van der Waals surface area contributed by atoms with E-state index in [0.717, 1.165) is 0 Å². The fourth-order valence-electron chi connectivity index (χ4n) is 1.38. The zero-order valence-corrected chi connectivity index (χ0v) is 10.7. The van der Waals surface area contributed by atoms with Crippen LogP contribution in [0.25, 0.3) is 0 Å². The van der Waals surface area contributed by atoms with Crippen molar-refractivity contribution >= 4 is 12.6 Å². The van der Waals surface area contributed by atoms with Gasteiger partial charge in [-0.1, -0.05) is 6.07 Å². The summed E-state index contributed by atoms with van der Waals surface area (Å²) in [5.74, 6) is 0.668. The van der Waals surface area contributed by atoms with Gasteiger partial charge in [0.05, 0.1) is 19.3 Å². The number of benzene rings is 1. The maximum atomic E-state index is 9.26. The molecule has 0 saturated carbocycles. The van der Waals surface area contributed by atoms with Crippen molar-refractivity contribution in [3.05, 3.63) is 23.8 Å². The predicted molar refractivity (Wildman–Crippen MR) is 67.4 cm³/mol. The Labute approximate surface area is 102 Å². The van der Waals surface area contributed by atoms with Gasteiger partial charge in [-0.3, -0.25) is 0 Å². The lowest BCUT2D eigenvalue weighted by Crippen LogP contribution is -2.34. The molecular weight excluding hydrogens is 219 g/mol. The number of ether oxygens (including phenoxy) is 2. The van der Waals surface area contributed by atoms with Crippen molar-refractivity contribution in [1.29, 1.82) is 0 Å². The molecule has 0 aliphatic rings. The van der Waals surface area contributed by atoms with E-state index in [4.69, 9.17) is 9.47 Å². The summed E-state index contributed by atoms with van der Waals surface area (Å²) in [4.78, 5) is 0. The Bertz CT molecular complexity index is 371. The van der Waals surface area contributed by atoms with Crippen molar-refractivity contribution in [3.63, 3.8) is 0 Å². The highest BCUT2D eigenvalue weighted by molar-refractivity contribution is 6.59. The third-order valence-corrected chi connectivity index (χ3v) is 2.29. The van der Waals surface area contributed by atoms with Crippen molar-refractivity contribution in [2.24, 2.45) is 0 Å². The molecule has 1 aromatic carbocycles. The molecule has 17 heavy (non-hydrogen) atoms. The fourth-order valence-corrected chi connectivity index (χ4v) is 1.38. The molecule has 0 heterocycles. The van der Waals surface area contributed by atoms with E-state index < -0.39 is 7.12 Å². The minimum Gasteiger partial charge on any atom is -0.497 e. The van der Waals surface area contributed by atoms with Crippen LogP contribution in [0.3, 0.4) is 0 Å². The molecule has 0 radical (unpaired) electrons. The molecule has 0 saturated heterocycles. The Morgan fingerprint density at radius 1 is 1.24 bits per heavy atom. The van der Waals surface area contributed by atoms with Crippen LogP contribution in [-0.2, 0) is 11.3 Å². The van der Waals surface area contributed by atoms with Gasteiger partial charge in [0.2, 0.25) is 0 Å². The summed E-state index contributed by atoms with van der Waals surface area (Å²) in [6.07, 6.45) is 0. The second-order valence-electron chi connectivity index (χ2n) is 4.84. The van der Waals surface area contributed by atoms with E-state index in [1.807, 2.05) is 20.8 Å². The zero-order valence-electron chi connectivity index (χ0n) is 10.7. The predicted octanol–water partition coefficient (Wildman–Crippen LogP) is 0.690. The summed E-state index contributed by atoms with van der Waals surface area (Å²) < 4.78 is 10.7. The third kappa shape index (κ3) is 4.38. The van der Waals surface area contributed by atoms with Gasteiger partial charge in [0, 0.05) is 0 Å². The van der Waals surface area contributed by atoms with Crippen LogP contribution in [0.15, 0.2) is 18.2 Å². The molecule has 0 unspecified atom stereocenters. The standard InChI is InChI=1S/C12H19BO4/c1-12(2,3)17-8-9-7-10(16-4)5-6-11(9)13(14)15/h5-7,14-15H,8H2,1-4H3. The summed E-state index contributed by atoms with van der Waals surface area (Å²) in [6.45, 7) is 6.15. The summed E-state index contributed by atoms with van der Waals surface area (Å²) in [5, 5.41) is 18.5. The first kappa shape index (κ1) is 14.0. The van der Waals surface area contributed by atoms with E-state index in [2.05, 4.69) is 0 Å². The molecule has 1 rings (SSSR count). The number of hydrogen-bond acceptors (Lipinski definition) is 4. The van der Waals surface area contributed by atoms with E-state index in [-0.39, 0.29) is 5.60 Å². The fraction of sp³-hybridized carbons (Fsp3) is 0.500. The molecule has 0 spiro atoms. The highest BCUT2D eigenvalue weighted by atomic mass is 16.5. The molecule has 0 atom stereocenters. The maximum Gasteiger partial charge on any atom is 0.488 e. The average molecular weight is 238 g/mol. The first-order chi connectivity index (χ1) is 7.83. The van der Waals surface area contributed by atoms with Crippen molar-refractivity contribution in [2.45, 2.75) is 33.0 Å². The molecule has 1 aromatic rings. The molecule has 5 heteroatoms. The molecular formula is C12H19BO4. The van der Waals surface area contributed by atoms with E-state index in [1.54, 1.807) is 25.3 Å². The Kier molecular flexibility index (Phi) is 4.57. The molecule has 2 N–H and O–H groups in total. The van der Waals surface area contributed by atoms with Gasteiger partial charge in [-0.2, -0.15) is 0 Å². The van der Waals surface area contributed by atoms with Gasteiger partial charge in [-0.05, 0) is 43.9 Å². The van der Waals surface area contributed by atoms with Gasteiger partial charge in [-0.15, -0.1) is 0 Å². The van der Waals surface area contributed by atoms with Crippen LogP contribution in [0.1, 0.15) is 26.3 Å². The SMILES string of the molecule is COc1ccc(B(O)O)c(COC(C)(C)C)c1. The second-order valence-corrected chi connectivity index (χ2v) is 4.84. The minimum atomic E-state index is -1.50. The number of rotatable bonds is 4. The van der Waals surface area contributed by atoms with Gasteiger partial charge < -0.3 is 19.5 Å². The molecule has 0 amide bonds. The molecule has 0 fully saturated rings. The van der Waals surface area contributed by atoms with Crippen molar-refractivity contribution in [1.82, 2.24) is 0 Å². The van der Waals surface area contributed by atoms with Gasteiger partial charge in [0.25, 0.3) is 0 Å². The van der Waals surface area contributed by atoms with Crippen LogP contribution < -0.4 is 10.2 Å². The van der Waals surface area contributed by atoms with E-state index in [9.17, 15) is 10.0 Å². The summed E-state index contributed by atoms with van der Waals surface area (Å²) in [5.41, 5.74) is 0.880. The molecule has 4 nitrogen and oxygen atoms in total. The zero-order chi connectivity index (χ0) is 13.1.